The molecule has 0 unspecified atom stereocenters. The number of nitrogens with one attached hydrogen (secondary N) is 2. The molecule has 0 spiro atoms. The molecule has 0 atom stereocenters. The Morgan fingerprint density at radius 1 is 0.923 bits per heavy atom. The lowest BCUT2D eigenvalue weighted by Crippen LogP contribution is -2.30. The highest BCUT2D eigenvalue weighted by atomic mass is 16.5. The number of anilines is 2. The highest BCUT2D eigenvalue weighted by Crippen LogP contribution is 2.20. The molecule has 0 aliphatic rings. The Balaban J connectivity index is 2.24. The summed E-state index contributed by atoms with van der Waals surface area (Å²) in [5.74, 6) is -3.43. The molecule has 2 N–H and O–H groups in total. The molecule has 26 heavy (non-hydrogen) atoms. The van der Waals surface area contributed by atoms with Gasteiger partial charge >= 0.3 is 23.8 Å². The number of rotatable bonds is 4. The van der Waals surface area contributed by atoms with Crippen LogP contribution in [0, 0.1) is 0 Å². The summed E-state index contributed by atoms with van der Waals surface area (Å²) in [4.78, 5) is 51.4. The zero-order valence-electron chi connectivity index (χ0n) is 13.9. The molecule has 0 aliphatic carbocycles. The summed E-state index contributed by atoms with van der Waals surface area (Å²) in [6.07, 6.45) is 2.87. The van der Waals surface area contributed by atoms with Gasteiger partial charge in [-0.25, -0.2) is 9.59 Å². The van der Waals surface area contributed by atoms with Crippen LogP contribution in [-0.4, -0.2) is 43.0 Å². The number of amides is 2. The SMILES string of the molecule is COC(=O)c1ccc(C(=O)OC)c(NC(=O)C(=O)Nc2cccnc2)c1. The van der Waals surface area contributed by atoms with E-state index < -0.39 is 23.8 Å². The summed E-state index contributed by atoms with van der Waals surface area (Å²) in [5.41, 5.74) is 0.320. The van der Waals surface area contributed by atoms with Gasteiger partial charge in [0.25, 0.3) is 0 Å². The molecule has 1 heterocycles. The fourth-order valence-electron chi connectivity index (χ4n) is 1.98. The van der Waals surface area contributed by atoms with Crippen molar-refractivity contribution in [1.82, 2.24) is 4.98 Å². The number of ether oxygens (including phenoxy) is 2. The quantitative estimate of drug-likeness (QED) is 0.623. The van der Waals surface area contributed by atoms with Crippen LogP contribution in [0.15, 0.2) is 42.7 Å². The van der Waals surface area contributed by atoms with Gasteiger partial charge in [-0.05, 0) is 30.3 Å². The predicted octanol–water partition coefficient (Wildman–Crippen LogP) is 1.23. The van der Waals surface area contributed by atoms with Crippen molar-refractivity contribution in [3.05, 3.63) is 53.9 Å². The molecule has 2 amide bonds. The van der Waals surface area contributed by atoms with Gasteiger partial charge in [-0.1, -0.05) is 0 Å². The number of carbonyl (C=O) groups excluding carboxylic acids is 4. The molecule has 9 nitrogen and oxygen atoms in total. The van der Waals surface area contributed by atoms with Crippen LogP contribution in [0.25, 0.3) is 0 Å². The maximum atomic E-state index is 12.1. The van der Waals surface area contributed by atoms with E-state index >= 15 is 0 Å². The maximum Gasteiger partial charge on any atom is 0.339 e. The molecule has 0 fully saturated rings. The monoisotopic (exact) mass is 357 g/mol. The minimum absolute atomic E-state index is 0.0253. The van der Waals surface area contributed by atoms with Gasteiger partial charge in [-0.15, -0.1) is 0 Å². The molecule has 0 saturated carbocycles. The first kappa shape index (κ1) is 18.6. The van der Waals surface area contributed by atoms with Crippen molar-refractivity contribution in [1.29, 1.82) is 0 Å². The Labute approximate surface area is 148 Å². The van der Waals surface area contributed by atoms with E-state index in [-0.39, 0.29) is 16.8 Å². The molecule has 0 bridgehead atoms. The Morgan fingerprint density at radius 3 is 2.23 bits per heavy atom. The summed E-state index contributed by atoms with van der Waals surface area (Å²) in [6.45, 7) is 0. The Kier molecular flexibility index (Phi) is 5.99. The summed E-state index contributed by atoms with van der Waals surface area (Å²) < 4.78 is 9.22. The maximum absolute atomic E-state index is 12.1. The number of hydrogen-bond acceptors (Lipinski definition) is 7. The highest BCUT2D eigenvalue weighted by molar-refractivity contribution is 6.44. The molecule has 134 valence electrons. The van der Waals surface area contributed by atoms with Crippen LogP contribution in [0.4, 0.5) is 11.4 Å². The first-order chi connectivity index (χ1) is 12.5. The van der Waals surface area contributed by atoms with Gasteiger partial charge < -0.3 is 20.1 Å². The van der Waals surface area contributed by atoms with Crippen molar-refractivity contribution in [3.63, 3.8) is 0 Å². The number of esters is 2. The van der Waals surface area contributed by atoms with E-state index in [0.29, 0.717) is 5.69 Å². The summed E-state index contributed by atoms with van der Waals surface area (Å²) >= 11 is 0. The largest absolute Gasteiger partial charge is 0.465 e. The van der Waals surface area contributed by atoms with Crippen LogP contribution in [0.2, 0.25) is 0 Å². The van der Waals surface area contributed by atoms with Gasteiger partial charge in [-0.3, -0.25) is 14.6 Å². The van der Waals surface area contributed by atoms with Crippen molar-refractivity contribution in [2.45, 2.75) is 0 Å². The Bertz CT molecular complexity index is 851. The van der Waals surface area contributed by atoms with E-state index in [1.54, 1.807) is 12.1 Å². The molecule has 1 aromatic heterocycles. The number of methoxy groups -OCH3 is 2. The Morgan fingerprint density at radius 2 is 1.62 bits per heavy atom. The van der Waals surface area contributed by atoms with E-state index in [4.69, 9.17) is 0 Å². The number of nitrogens with zero attached hydrogens (tertiary/aromatic N) is 1. The summed E-state index contributed by atoms with van der Waals surface area (Å²) in [6, 6.07) is 6.97. The zero-order chi connectivity index (χ0) is 19.1. The third-order valence-corrected chi connectivity index (χ3v) is 3.22. The van der Waals surface area contributed by atoms with Gasteiger partial charge in [0.05, 0.1) is 42.9 Å². The minimum atomic E-state index is -1.04. The summed E-state index contributed by atoms with van der Waals surface area (Å²) in [7, 11) is 2.35. The number of benzene rings is 1. The molecule has 0 aliphatic heterocycles. The van der Waals surface area contributed by atoms with Crippen molar-refractivity contribution < 1.29 is 28.7 Å². The van der Waals surface area contributed by atoms with E-state index in [2.05, 4.69) is 25.1 Å². The van der Waals surface area contributed by atoms with Crippen LogP contribution >= 0.6 is 0 Å². The molecule has 2 rings (SSSR count). The van der Waals surface area contributed by atoms with Crippen molar-refractivity contribution >= 4 is 35.1 Å². The highest BCUT2D eigenvalue weighted by Gasteiger charge is 2.20. The van der Waals surface area contributed by atoms with Gasteiger partial charge in [0, 0.05) is 6.20 Å². The molecular formula is C17H15N3O6. The fourth-order valence-corrected chi connectivity index (χ4v) is 1.98. The third kappa shape index (κ3) is 4.41. The average molecular weight is 357 g/mol. The summed E-state index contributed by atoms with van der Waals surface area (Å²) in [5, 5.41) is 4.64. The smallest absolute Gasteiger partial charge is 0.339 e. The number of aromatic nitrogens is 1. The number of carbonyl (C=O) groups is 4. The number of hydrogen-bond donors (Lipinski definition) is 2. The van der Waals surface area contributed by atoms with E-state index in [0.717, 1.165) is 7.11 Å². The van der Waals surface area contributed by atoms with Crippen LogP contribution in [0.5, 0.6) is 0 Å². The van der Waals surface area contributed by atoms with Crippen LogP contribution < -0.4 is 10.6 Å². The van der Waals surface area contributed by atoms with Gasteiger partial charge in [0.2, 0.25) is 0 Å². The first-order valence-electron chi connectivity index (χ1n) is 7.29. The molecule has 2 aromatic rings. The number of pyridine rings is 1. The van der Waals surface area contributed by atoms with Gasteiger partial charge in [-0.2, -0.15) is 0 Å². The molecule has 9 heteroatoms. The first-order valence-corrected chi connectivity index (χ1v) is 7.29. The molecular weight excluding hydrogens is 342 g/mol. The Hall–Kier alpha value is -3.75. The molecule has 1 aromatic carbocycles. The van der Waals surface area contributed by atoms with Crippen LogP contribution in [0.3, 0.4) is 0 Å². The second-order valence-electron chi connectivity index (χ2n) is 4.89. The topological polar surface area (TPSA) is 124 Å². The lowest BCUT2D eigenvalue weighted by atomic mass is 10.1. The predicted molar refractivity (Wildman–Crippen MR) is 90.6 cm³/mol. The third-order valence-electron chi connectivity index (χ3n) is 3.22. The molecule has 0 radical (unpaired) electrons. The second-order valence-corrected chi connectivity index (χ2v) is 4.89. The van der Waals surface area contributed by atoms with Gasteiger partial charge in [0.1, 0.15) is 0 Å². The lowest BCUT2D eigenvalue weighted by Gasteiger charge is -2.11. The van der Waals surface area contributed by atoms with Crippen molar-refractivity contribution in [3.8, 4) is 0 Å². The van der Waals surface area contributed by atoms with Crippen molar-refractivity contribution in [2.75, 3.05) is 24.9 Å². The van der Waals surface area contributed by atoms with Crippen LogP contribution in [0.1, 0.15) is 20.7 Å². The average Bonchev–Trinajstić information content (AvgIpc) is 2.67. The fraction of sp³-hybridized carbons (Fsp3) is 0.118. The van der Waals surface area contributed by atoms with Crippen LogP contribution in [-0.2, 0) is 19.1 Å². The second kappa shape index (κ2) is 8.38. The standard InChI is InChI=1S/C17H15N3O6/c1-25-16(23)10-5-6-12(17(24)26-2)13(8-10)20-15(22)14(21)19-11-4-3-7-18-9-11/h3-9H,1-2H3,(H,19,21)(H,20,22). The van der Waals surface area contributed by atoms with Gasteiger partial charge in [0.15, 0.2) is 0 Å². The van der Waals surface area contributed by atoms with E-state index in [1.165, 1.54) is 37.7 Å². The minimum Gasteiger partial charge on any atom is -0.465 e. The van der Waals surface area contributed by atoms with E-state index in [1.807, 2.05) is 0 Å². The van der Waals surface area contributed by atoms with E-state index in [9.17, 15) is 19.2 Å². The normalized spacial score (nSPS) is 9.77. The van der Waals surface area contributed by atoms with Crippen molar-refractivity contribution in [2.24, 2.45) is 0 Å². The zero-order valence-corrected chi connectivity index (χ0v) is 13.9. The molecule has 0 saturated heterocycles. The lowest BCUT2D eigenvalue weighted by molar-refractivity contribution is -0.133.